The highest BCUT2D eigenvalue weighted by molar-refractivity contribution is 5.46. The van der Waals surface area contributed by atoms with Crippen LogP contribution in [-0.2, 0) is 0 Å². The monoisotopic (exact) mass is 274 g/mol. The van der Waals surface area contributed by atoms with Crippen molar-refractivity contribution in [3.63, 3.8) is 0 Å². The fourth-order valence-corrected chi connectivity index (χ4v) is 1.86. The van der Waals surface area contributed by atoms with Crippen molar-refractivity contribution in [1.29, 1.82) is 0 Å². The summed E-state index contributed by atoms with van der Waals surface area (Å²) in [6, 6.07) is 12.1. The van der Waals surface area contributed by atoms with E-state index in [9.17, 15) is 5.11 Å². The highest BCUT2D eigenvalue weighted by atomic mass is 16.7. The number of aromatic hydroxyl groups is 1. The Kier molecular flexibility index (Phi) is 3.50. The maximum atomic E-state index is 9.30. The number of rotatable bonds is 5. The molecule has 5 nitrogen and oxygen atoms in total. The van der Waals surface area contributed by atoms with E-state index in [1.54, 1.807) is 30.3 Å². The van der Waals surface area contributed by atoms with Gasteiger partial charge in [0.2, 0.25) is 6.79 Å². The molecule has 1 N–H and O–H groups in total. The predicted molar refractivity (Wildman–Crippen MR) is 71.7 cm³/mol. The zero-order chi connectivity index (χ0) is 13.8. The Hall–Kier alpha value is -2.56. The maximum absolute atomic E-state index is 9.30. The Bertz CT molecular complexity index is 597. The van der Waals surface area contributed by atoms with Gasteiger partial charge in [0.05, 0.1) is 0 Å². The number of fused-ring (bicyclic) bond motifs is 1. The molecule has 20 heavy (non-hydrogen) atoms. The minimum atomic E-state index is 0.180. The van der Waals surface area contributed by atoms with Crippen LogP contribution in [0.15, 0.2) is 42.5 Å². The molecule has 2 aromatic rings. The highest BCUT2D eigenvalue weighted by Gasteiger charge is 2.13. The maximum Gasteiger partial charge on any atom is 0.231 e. The van der Waals surface area contributed by atoms with E-state index in [1.807, 2.05) is 12.1 Å². The minimum Gasteiger partial charge on any atom is -0.508 e. The molecule has 1 heterocycles. The van der Waals surface area contributed by atoms with Gasteiger partial charge in [0.25, 0.3) is 0 Å². The third-order valence-corrected chi connectivity index (χ3v) is 2.78. The summed E-state index contributed by atoms with van der Waals surface area (Å²) in [6.45, 7) is 1.03. The number of hydrogen-bond donors (Lipinski definition) is 1. The smallest absolute Gasteiger partial charge is 0.231 e. The van der Waals surface area contributed by atoms with Gasteiger partial charge >= 0.3 is 0 Å². The summed E-state index contributed by atoms with van der Waals surface area (Å²) in [6.07, 6.45) is 0. The molecule has 0 spiro atoms. The molecule has 0 bridgehead atoms. The molecule has 104 valence electrons. The molecule has 1 aliphatic heterocycles. The third kappa shape index (κ3) is 2.88. The standard InChI is InChI=1S/C15H14O5/c16-11-2-1-3-12(8-11)17-6-7-18-13-4-5-14-15(9-13)20-10-19-14/h1-5,8-9,16H,6-7,10H2. The second-order valence-corrected chi connectivity index (χ2v) is 4.21. The van der Waals surface area contributed by atoms with Crippen LogP contribution in [0.5, 0.6) is 28.7 Å². The van der Waals surface area contributed by atoms with E-state index in [1.165, 1.54) is 0 Å². The largest absolute Gasteiger partial charge is 0.508 e. The van der Waals surface area contributed by atoms with E-state index in [2.05, 4.69) is 0 Å². The Morgan fingerprint density at radius 1 is 0.900 bits per heavy atom. The van der Waals surface area contributed by atoms with E-state index in [4.69, 9.17) is 18.9 Å². The van der Waals surface area contributed by atoms with Gasteiger partial charge in [-0.15, -0.1) is 0 Å². The van der Waals surface area contributed by atoms with Crippen molar-refractivity contribution >= 4 is 0 Å². The lowest BCUT2D eigenvalue weighted by atomic mass is 10.3. The van der Waals surface area contributed by atoms with Crippen LogP contribution in [-0.4, -0.2) is 25.1 Å². The lowest BCUT2D eigenvalue weighted by molar-refractivity contribution is 0.173. The molecule has 2 aromatic carbocycles. The Morgan fingerprint density at radius 2 is 1.65 bits per heavy atom. The topological polar surface area (TPSA) is 57.2 Å². The highest BCUT2D eigenvalue weighted by Crippen LogP contribution is 2.35. The summed E-state index contributed by atoms with van der Waals surface area (Å²) in [5.41, 5.74) is 0. The van der Waals surface area contributed by atoms with Crippen molar-refractivity contribution in [2.24, 2.45) is 0 Å². The fraction of sp³-hybridized carbons (Fsp3) is 0.200. The summed E-state index contributed by atoms with van der Waals surface area (Å²) in [5, 5.41) is 9.30. The zero-order valence-electron chi connectivity index (χ0n) is 10.7. The normalized spacial score (nSPS) is 12.2. The SMILES string of the molecule is Oc1cccc(OCCOc2ccc3c(c2)OCO3)c1. The number of hydrogen-bond acceptors (Lipinski definition) is 5. The van der Waals surface area contributed by atoms with E-state index in [0.29, 0.717) is 30.5 Å². The zero-order valence-corrected chi connectivity index (χ0v) is 10.7. The first kappa shape index (κ1) is 12.5. The average molecular weight is 274 g/mol. The van der Waals surface area contributed by atoms with E-state index in [0.717, 1.165) is 5.75 Å². The average Bonchev–Trinajstić information content (AvgIpc) is 2.91. The second kappa shape index (κ2) is 5.61. The Morgan fingerprint density at radius 3 is 2.45 bits per heavy atom. The fourth-order valence-electron chi connectivity index (χ4n) is 1.86. The second-order valence-electron chi connectivity index (χ2n) is 4.21. The third-order valence-electron chi connectivity index (χ3n) is 2.78. The van der Waals surface area contributed by atoms with Crippen LogP contribution in [0.2, 0.25) is 0 Å². The van der Waals surface area contributed by atoms with E-state index in [-0.39, 0.29) is 12.5 Å². The molecule has 5 heteroatoms. The van der Waals surface area contributed by atoms with Gasteiger partial charge in [-0.2, -0.15) is 0 Å². The molecule has 0 atom stereocenters. The summed E-state index contributed by atoms with van der Waals surface area (Å²) in [4.78, 5) is 0. The van der Waals surface area contributed by atoms with Crippen LogP contribution in [0, 0.1) is 0 Å². The number of phenolic OH excluding ortho intramolecular Hbond substituents is 1. The quantitative estimate of drug-likeness (QED) is 0.849. The van der Waals surface area contributed by atoms with Gasteiger partial charge in [-0.25, -0.2) is 0 Å². The molecule has 0 aliphatic carbocycles. The van der Waals surface area contributed by atoms with Crippen molar-refractivity contribution in [2.75, 3.05) is 20.0 Å². The summed E-state index contributed by atoms with van der Waals surface area (Å²) in [7, 11) is 0. The van der Waals surface area contributed by atoms with Gasteiger partial charge in [-0.3, -0.25) is 0 Å². The molecule has 0 fully saturated rings. The Labute approximate surface area is 116 Å². The number of ether oxygens (including phenoxy) is 4. The van der Waals surface area contributed by atoms with Gasteiger partial charge in [-0.05, 0) is 24.3 Å². The van der Waals surface area contributed by atoms with Crippen molar-refractivity contribution in [3.05, 3.63) is 42.5 Å². The van der Waals surface area contributed by atoms with Crippen molar-refractivity contribution in [2.45, 2.75) is 0 Å². The molecule has 1 aliphatic rings. The molecule has 0 aromatic heterocycles. The van der Waals surface area contributed by atoms with Gasteiger partial charge in [0.15, 0.2) is 11.5 Å². The number of phenols is 1. The molecular weight excluding hydrogens is 260 g/mol. The molecule has 0 radical (unpaired) electrons. The van der Waals surface area contributed by atoms with Crippen LogP contribution in [0.1, 0.15) is 0 Å². The van der Waals surface area contributed by atoms with Gasteiger partial charge in [-0.1, -0.05) is 6.07 Å². The first-order valence-electron chi connectivity index (χ1n) is 6.25. The minimum absolute atomic E-state index is 0.180. The molecule has 0 amide bonds. The lowest BCUT2D eigenvalue weighted by Crippen LogP contribution is -2.08. The van der Waals surface area contributed by atoms with Crippen LogP contribution >= 0.6 is 0 Å². The van der Waals surface area contributed by atoms with Gasteiger partial charge in [0.1, 0.15) is 30.5 Å². The molecule has 0 saturated heterocycles. The van der Waals surface area contributed by atoms with Crippen LogP contribution in [0.4, 0.5) is 0 Å². The Balaban J connectivity index is 1.48. The van der Waals surface area contributed by atoms with E-state index >= 15 is 0 Å². The number of benzene rings is 2. The summed E-state index contributed by atoms with van der Waals surface area (Å²) in [5.74, 6) is 2.91. The first-order chi connectivity index (χ1) is 9.81. The molecule has 0 unspecified atom stereocenters. The van der Waals surface area contributed by atoms with Gasteiger partial charge in [0, 0.05) is 12.1 Å². The first-order valence-corrected chi connectivity index (χ1v) is 6.25. The molecular formula is C15H14O5. The van der Waals surface area contributed by atoms with E-state index < -0.39 is 0 Å². The van der Waals surface area contributed by atoms with Crippen molar-refractivity contribution in [3.8, 4) is 28.7 Å². The summed E-state index contributed by atoms with van der Waals surface area (Å²) < 4.78 is 21.5. The van der Waals surface area contributed by atoms with Crippen LogP contribution < -0.4 is 18.9 Å². The summed E-state index contributed by atoms with van der Waals surface area (Å²) >= 11 is 0. The lowest BCUT2D eigenvalue weighted by Gasteiger charge is -2.09. The van der Waals surface area contributed by atoms with Crippen LogP contribution in [0.25, 0.3) is 0 Å². The van der Waals surface area contributed by atoms with Crippen LogP contribution in [0.3, 0.4) is 0 Å². The van der Waals surface area contributed by atoms with Crippen molar-refractivity contribution < 1.29 is 24.1 Å². The molecule has 3 rings (SSSR count). The molecule has 0 saturated carbocycles. The van der Waals surface area contributed by atoms with Crippen molar-refractivity contribution in [1.82, 2.24) is 0 Å². The van der Waals surface area contributed by atoms with Gasteiger partial charge < -0.3 is 24.1 Å². The predicted octanol–water partition coefficient (Wildman–Crippen LogP) is 2.58.